The molecule has 0 bridgehead atoms. The van der Waals surface area contributed by atoms with E-state index in [0.29, 0.717) is 12.8 Å². The van der Waals surface area contributed by atoms with Gasteiger partial charge in [-0.3, -0.25) is 4.79 Å². The predicted octanol–water partition coefficient (Wildman–Crippen LogP) is 7.50. The Hall–Kier alpha value is -6.32. The van der Waals surface area contributed by atoms with E-state index in [1.165, 1.54) is 5.56 Å². The van der Waals surface area contributed by atoms with Crippen LogP contribution in [-0.2, 0) is 9.59 Å². The van der Waals surface area contributed by atoms with Crippen LogP contribution >= 0.6 is 0 Å². The fraction of sp³-hybridized carbons (Fsp3) is 0.158. The average molecular weight is 625 g/mol. The molecule has 0 saturated carbocycles. The number of nitrogen functional groups attached to an aromatic ring is 1. The minimum absolute atomic E-state index is 0.293. The molecule has 0 aliphatic heterocycles. The maximum absolute atomic E-state index is 11.7. The van der Waals surface area contributed by atoms with Gasteiger partial charge in [0.1, 0.15) is 11.3 Å². The Morgan fingerprint density at radius 3 is 1.81 bits per heavy atom. The molecular formula is C38H36N6O3. The smallest absolute Gasteiger partial charge is 0.381 e. The molecule has 236 valence electrons. The maximum atomic E-state index is 11.7. The van der Waals surface area contributed by atoms with Gasteiger partial charge in [-0.05, 0) is 78.4 Å². The molecule has 0 unspecified atom stereocenters. The van der Waals surface area contributed by atoms with E-state index in [9.17, 15) is 9.59 Å². The summed E-state index contributed by atoms with van der Waals surface area (Å²) in [7, 11) is 0. The largest absolute Gasteiger partial charge is 0.472 e. The number of carboxylic acid groups (broad SMARTS) is 1. The Morgan fingerprint density at radius 2 is 1.30 bits per heavy atom. The number of pyridine rings is 2. The molecular weight excluding hydrogens is 588 g/mol. The normalized spacial score (nSPS) is 9.87. The first-order valence-corrected chi connectivity index (χ1v) is 15.0. The lowest BCUT2D eigenvalue weighted by molar-refractivity contribution is -0.130. The lowest BCUT2D eigenvalue weighted by atomic mass is 10.1. The number of carbonyl (C=O) groups is 2. The second kappa shape index (κ2) is 16.1. The number of carboxylic acids is 1. The van der Waals surface area contributed by atoms with E-state index in [0.717, 1.165) is 61.3 Å². The number of nitrogens with two attached hydrogens (primary N) is 1. The summed E-state index contributed by atoms with van der Waals surface area (Å²) >= 11 is 0. The summed E-state index contributed by atoms with van der Waals surface area (Å²) in [6.07, 6.45) is 8.88. The third-order valence-electron chi connectivity index (χ3n) is 6.90. The molecule has 9 heteroatoms. The van der Waals surface area contributed by atoms with Gasteiger partial charge in [-0.2, -0.15) is 0 Å². The maximum Gasteiger partial charge on any atom is 0.381 e. The second-order valence-electron chi connectivity index (χ2n) is 10.5. The third kappa shape index (κ3) is 9.34. The van der Waals surface area contributed by atoms with E-state index in [4.69, 9.17) is 10.8 Å². The second-order valence-corrected chi connectivity index (χ2v) is 10.5. The molecule has 6 rings (SSSR count). The number of aromatic nitrogens is 4. The molecule has 0 saturated heterocycles. The molecule has 47 heavy (non-hydrogen) atoms. The molecule has 1 amide bonds. The van der Waals surface area contributed by atoms with Gasteiger partial charge >= 0.3 is 5.97 Å². The van der Waals surface area contributed by atoms with E-state index >= 15 is 0 Å². The van der Waals surface area contributed by atoms with Crippen LogP contribution in [-0.4, -0.2) is 36.9 Å². The average Bonchev–Trinajstić information content (AvgIpc) is 3.64. The monoisotopic (exact) mass is 624 g/mol. The Kier molecular flexibility index (Phi) is 11.5. The van der Waals surface area contributed by atoms with Crippen LogP contribution in [0, 0.1) is 37.5 Å². The number of H-pyrrole nitrogens is 2. The Bertz CT molecular complexity index is 2150. The van der Waals surface area contributed by atoms with Crippen LogP contribution in [0.5, 0.6) is 0 Å². The highest BCUT2D eigenvalue weighted by atomic mass is 16.4. The lowest BCUT2D eigenvalue weighted by Crippen LogP contribution is -2.08. The number of aliphatic carboxylic acids is 1. The van der Waals surface area contributed by atoms with Gasteiger partial charge in [-0.1, -0.05) is 50.0 Å². The Balaban J connectivity index is 0.000000182. The van der Waals surface area contributed by atoms with Gasteiger partial charge in [0.2, 0.25) is 0 Å². The number of anilines is 2. The number of rotatable bonds is 3. The molecule has 2 aromatic carbocycles. The highest BCUT2D eigenvalue weighted by molar-refractivity contribution is 6.04. The number of carbonyl (C=O) groups excluding carboxylic acids is 1. The van der Waals surface area contributed by atoms with Gasteiger partial charge in [-0.25, -0.2) is 14.8 Å². The van der Waals surface area contributed by atoms with E-state index in [2.05, 4.69) is 62.1 Å². The zero-order valence-corrected chi connectivity index (χ0v) is 26.7. The lowest BCUT2D eigenvalue weighted by Gasteiger charge is -2.06. The zero-order valence-electron chi connectivity index (χ0n) is 26.7. The van der Waals surface area contributed by atoms with Crippen LogP contribution in [0.1, 0.15) is 37.8 Å². The summed E-state index contributed by atoms with van der Waals surface area (Å²) in [5.41, 5.74) is 15.7. The SMILES string of the molecule is CCC#CC(=O)Nc1cccc(-c2cnc3[nH]cc(C)c3c2)c1.CCC#CC(=O)O.Cc1c[nH]c2ncc(-c3cccc(N)c3)cc12. The first-order valence-electron chi connectivity index (χ1n) is 15.0. The van der Waals surface area contributed by atoms with Crippen LogP contribution < -0.4 is 11.1 Å². The zero-order chi connectivity index (χ0) is 33.8. The van der Waals surface area contributed by atoms with Crippen molar-refractivity contribution in [3.8, 4) is 45.9 Å². The van der Waals surface area contributed by atoms with Crippen molar-refractivity contribution in [3.05, 3.63) is 96.6 Å². The van der Waals surface area contributed by atoms with Gasteiger partial charge in [0, 0.05) is 76.8 Å². The highest BCUT2D eigenvalue weighted by Gasteiger charge is 2.07. The number of hydrogen-bond acceptors (Lipinski definition) is 5. The van der Waals surface area contributed by atoms with Crippen molar-refractivity contribution in [1.29, 1.82) is 0 Å². The van der Waals surface area contributed by atoms with Crippen molar-refractivity contribution in [1.82, 2.24) is 19.9 Å². The number of hydrogen-bond donors (Lipinski definition) is 5. The van der Waals surface area contributed by atoms with E-state index in [1.807, 2.05) is 93.1 Å². The fourth-order valence-electron chi connectivity index (χ4n) is 4.57. The number of nitrogens with one attached hydrogen (secondary N) is 3. The molecule has 0 aliphatic carbocycles. The molecule has 4 aromatic heterocycles. The molecule has 0 radical (unpaired) electrons. The van der Waals surface area contributed by atoms with E-state index in [1.54, 1.807) is 6.92 Å². The van der Waals surface area contributed by atoms with Gasteiger partial charge in [0.05, 0.1) is 0 Å². The van der Waals surface area contributed by atoms with Crippen LogP contribution in [0.3, 0.4) is 0 Å². The standard InChI is InChI=1S/C19H17N3O.C14H13N3.C5H6O2/c1-3-4-8-18(23)22-16-7-5-6-14(9-16)15-10-17-13(2)11-20-19(17)21-12-15;1-9-7-16-14-13(9)6-11(8-17-14)10-3-2-4-12(15)5-10;1-2-3-4-5(6)7/h5-7,9-12H,3H2,1-2H3,(H,20,21)(H,22,23);2-8H,15H2,1H3,(H,16,17);2H2,1H3,(H,6,7). The van der Waals surface area contributed by atoms with E-state index < -0.39 is 5.97 Å². The summed E-state index contributed by atoms with van der Waals surface area (Å²) in [6.45, 7) is 7.83. The first kappa shape index (κ1) is 33.6. The van der Waals surface area contributed by atoms with Crippen LogP contribution in [0.15, 0.2) is 85.5 Å². The number of nitrogens with zero attached hydrogens (tertiary/aromatic N) is 2. The number of aromatic amines is 2. The number of amides is 1. The summed E-state index contributed by atoms with van der Waals surface area (Å²) < 4.78 is 0. The summed E-state index contributed by atoms with van der Waals surface area (Å²) in [6, 6.07) is 19.8. The minimum Gasteiger partial charge on any atom is -0.472 e. The number of benzene rings is 2. The molecule has 0 fully saturated rings. The van der Waals surface area contributed by atoms with Gasteiger partial charge in [-0.15, -0.1) is 0 Å². The van der Waals surface area contributed by atoms with Crippen LogP contribution in [0.4, 0.5) is 11.4 Å². The summed E-state index contributed by atoms with van der Waals surface area (Å²) in [5, 5.41) is 12.9. The van der Waals surface area contributed by atoms with Gasteiger partial charge in [0.25, 0.3) is 5.91 Å². The molecule has 0 spiro atoms. The van der Waals surface area contributed by atoms with Crippen molar-refractivity contribution in [2.75, 3.05) is 11.1 Å². The highest BCUT2D eigenvalue weighted by Crippen LogP contribution is 2.27. The predicted molar refractivity (Wildman–Crippen MR) is 189 cm³/mol. The molecule has 9 nitrogen and oxygen atoms in total. The number of fused-ring (bicyclic) bond motifs is 2. The van der Waals surface area contributed by atoms with Crippen LogP contribution in [0.2, 0.25) is 0 Å². The first-order chi connectivity index (χ1) is 22.7. The van der Waals surface area contributed by atoms with Crippen molar-refractivity contribution in [2.45, 2.75) is 40.5 Å². The molecule has 4 heterocycles. The molecule has 0 aliphatic rings. The Labute approximate surface area is 273 Å². The van der Waals surface area contributed by atoms with Crippen molar-refractivity contribution >= 4 is 45.3 Å². The summed E-state index contributed by atoms with van der Waals surface area (Å²) in [4.78, 5) is 36.4. The third-order valence-corrected chi connectivity index (χ3v) is 6.90. The van der Waals surface area contributed by atoms with Gasteiger partial charge < -0.3 is 26.1 Å². The molecule has 0 atom stereocenters. The Morgan fingerprint density at radius 1 is 0.766 bits per heavy atom. The van der Waals surface area contributed by atoms with Crippen molar-refractivity contribution in [2.24, 2.45) is 0 Å². The summed E-state index contributed by atoms with van der Waals surface area (Å²) in [5.74, 6) is 8.33. The molecule has 6 N–H and O–H groups in total. The fourth-order valence-corrected chi connectivity index (χ4v) is 4.57. The van der Waals surface area contributed by atoms with Crippen LogP contribution in [0.25, 0.3) is 44.3 Å². The quantitative estimate of drug-likeness (QED) is 0.102. The number of aryl methyl sites for hydroxylation is 2. The van der Waals surface area contributed by atoms with Crippen molar-refractivity contribution < 1.29 is 14.7 Å². The van der Waals surface area contributed by atoms with E-state index in [-0.39, 0.29) is 5.91 Å². The van der Waals surface area contributed by atoms with Gasteiger partial charge in [0.15, 0.2) is 0 Å². The minimum atomic E-state index is -1.05. The topological polar surface area (TPSA) is 150 Å². The molecule has 6 aromatic rings. The van der Waals surface area contributed by atoms with Crippen molar-refractivity contribution in [3.63, 3.8) is 0 Å².